The highest BCUT2D eigenvalue weighted by atomic mass is 35.5. The van der Waals surface area contributed by atoms with Crippen LogP contribution < -0.4 is 9.47 Å². The number of hydrogen-bond acceptors (Lipinski definition) is 5. The second kappa shape index (κ2) is 6.78. The number of aliphatic hydroxyl groups is 1. The third-order valence-electron chi connectivity index (χ3n) is 4.13. The number of aromatic nitrogens is 3. The summed E-state index contributed by atoms with van der Waals surface area (Å²) >= 11 is 6.61. The highest BCUT2D eigenvalue weighted by Crippen LogP contribution is 2.40. The topological polar surface area (TPSA) is 69.4 Å². The summed E-state index contributed by atoms with van der Waals surface area (Å²) < 4.78 is 13.0. The summed E-state index contributed by atoms with van der Waals surface area (Å²) in [4.78, 5) is 8.82. The maximum Gasteiger partial charge on any atom is 0.258 e. The molecule has 0 radical (unpaired) electrons. The number of imidazole rings is 1. The van der Waals surface area contributed by atoms with Crippen molar-refractivity contribution in [2.24, 2.45) is 7.05 Å². The first-order valence-corrected chi connectivity index (χ1v) is 8.60. The van der Waals surface area contributed by atoms with Gasteiger partial charge in [0.05, 0.1) is 35.1 Å². The maximum atomic E-state index is 9.93. The van der Waals surface area contributed by atoms with E-state index >= 15 is 0 Å². The highest BCUT2D eigenvalue weighted by molar-refractivity contribution is 6.37. The molecule has 3 aromatic rings. The van der Waals surface area contributed by atoms with Crippen molar-refractivity contribution in [1.82, 2.24) is 14.5 Å². The molecule has 0 aliphatic heterocycles. The van der Waals surface area contributed by atoms with Crippen molar-refractivity contribution in [3.05, 3.63) is 35.2 Å². The molecular weight excluding hydrogens is 354 g/mol. The molecule has 0 amide bonds. The Kier molecular flexibility index (Phi) is 4.82. The van der Waals surface area contributed by atoms with Crippen LogP contribution in [0, 0.1) is 6.92 Å². The van der Waals surface area contributed by atoms with Crippen LogP contribution in [-0.2, 0) is 7.05 Å². The van der Waals surface area contributed by atoms with Gasteiger partial charge < -0.3 is 19.1 Å². The second-order valence-electron chi connectivity index (χ2n) is 6.85. The zero-order chi connectivity index (χ0) is 19.1. The van der Waals surface area contributed by atoms with Gasteiger partial charge >= 0.3 is 0 Å². The van der Waals surface area contributed by atoms with Gasteiger partial charge in [-0.15, -0.1) is 0 Å². The first-order valence-electron chi connectivity index (χ1n) is 8.22. The Morgan fingerprint density at radius 1 is 1.31 bits per heavy atom. The van der Waals surface area contributed by atoms with E-state index in [2.05, 4.69) is 9.97 Å². The molecule has 0 atom stereocenters. The zero-order valence-corrected chi connectivity index (χ0v) is 16.3. The van der Waals surface area contributed by atoms with Crippen LogP contribution in [0.5, 0.6) is 11.6 Å². The standard InChI is InChI=1S/C19H22ClN3O3/c1-11-21-9-15(23(11)4)12-6-7-14-13(8-12)16(20)17(18(22-14)25-5)26-10-19(2,3)24/h6-9,24H,10H2,1-5H3. The molecule has 138 valence electrons. The van der Waals surface area contributed by atoms with Crippen molar-refractivity contribution in [3.8, 4) is 22.9 Å². The first kappa shape index (κ1) is 18.5. The summed E-state index contributed by atoms with van der Waals surface area (Å²) in [6.07, 6.45) is 1.83. The molecule has 0 fully saturated rings. The van der Waals surface area contributed by atoms with Crippen LogP contribution in [0.1, 0.15) is 19.7 Å². The van der Waals surface area contributed by atoms with Crippen LogP contribution in [0.2, 0.25) is 5.02 Å². The fourth-order valence-electron chi connectivity index (χ4n) is 2.63. The molecule has 0 saturated carbocycles. The Morgan fingerprint density at radius 3 is 2.62 bits per heavy atom. The minimum Gasteiger partial charge on any atom is -0.484 e. The molecular formula is C19H22ClN3O3. The first-order chi connectivity index (χ1) is 12.2. The molecule has 0 spiro atoms. The predicted molar refractivity (Wildman–Crippen MR) is 102 cm³/mol. The Balaban J connectivity index is 2.13. The van der Waals surface area contributed by atoms with Crippen molar-refractivity contribution >= 4 is 22.5 Å². The summed E-state index contributed by atoms with van der Waals surface area (Å²) in [6, 6.07) is 5.82. The van der Waals surface area contributed by atoms with Gasteiger partial charge in [0.25, 0.3) is 5.88 Å². The summed E-state index contributed by atoms with van der Waals surface area (Å²) in [5, 5.41) is 11.1. The fourth-order valence-corrected chi connectivity index (χ4v) is 2.91. The molecule has 6 nitrogen and oxygen atoms in total. The molecule has 7 heteroatoms. The maximum absolute atomic E-state index is 9.93. The monoisotopic (exact) mass is 375 g/mol. The molecule has 26 heavy (non-hydrogen) atoms. The molecule has 3 rings (SSSR count). The van der Waals surface area contributed by atoms with Gasteiger partial charge in [0.2, 0.25) is 5.75 Å². The van der Waals surface area contributed by atoms with Gasteiger partial charge in [-0.1, -0.05) is 17.7 Å². The van der Waals surface area contributed by atoms with Crippen LogP contribution in [0.25, 0.3) is 22.2 Å². The smallest absolute Gasteiger partial charge is 0.258 e. The minimum atomic E-state index is -1.00. The van der Waals surface area contributed by atoms with Crippen LogP contribution in [0.4, 0.5) is 0 Å². The zero-order valence-electron chi connectivity index (χ0n) is 15.5. The predicted octanol–water partition coefficient (Wildman–Crippen LogP) is 3.76. The van der Waals surface area contributed by atoms with E-state index in [0.717, 1.165) is 22.5 Å². The Hall–Kier alpha value is -2.31. The minimum absolute atomic E-state index is 0.0664. The van der Waals surface area contributed by atoms with Gasteiger partial charge in [-0.25, -0.2) is 9.97 Å². The van der Waals surface area contributed by atoms with Crippen LogP contribution in [0.3, 0.4) is 0 Å². The third-order valence-corrected chi connectivity index (χ3v) is 4.50. The van der Waals surface area contributed by atoms with Gasteiger partial charge in [0.15, 0.2) is 0 Å². The lowest BCUT2D eigenvalue weighted by Gasteiger charge is -2.20. The summed E-state index contributed by atoms with van der Waals surface area (Å²) in [5.41, 5.74) is 1.65. The van der Waals surface area contributed by atoms with E-state index in [1.807, 2.05) is 42.9 Å². The van der Waals surface area contributed by atoms with Gasteiger partial charge in [-0.3, -0.25) is 0 Å². The lowest BCUT2D eigenvalue weighted by atomic mass is 10.1. The van der Waals surface area contributed by atoms with Gasteiger partial charge in [0.1, 0.15) is 12.4 Å². The normalized spacial score (nSPS) is 11.8. The number of ether oxygens (including phenoxy) is 2. The largest absolute Gasteiger partial charge is 0.484 e. The number of fused-ring (bicyclic) bond motifs is 1. The van der Waals surface area contributed by atoms with Gasteiger partial charge in [-0.05, 0) is 32.9 Å². The lowest BCUT2D eigenvalue weighted by Crippen LogP contribution is -2.28. The quantitative estimate of drug-likeness (QED) is 0.735. The molecule has 0 saturated heterocycles. The summed E-state index contributed by atoms with van der Waals surface area (Å²) in [6.45, 7) is 5.33. The summed E-state index contributed by atoms with van der Waals surface area (Å²) in [7, 11) is 3.47. The van der Waals surface area contributed by atoms with E-state index in [4.69, 9.17) is 21.1 Å². The SMILES string of the molecule is COc1nc2ccc(-c3cnc(C)n3C)cc2c(Cl)c1OCC(C)(C)O. The Labute approximate surface area is 157 Å². The Morgan fingerprint density at radius 2 is 2.04 bits per heavy atom. The number of halogens is 1. The van der Waals surface area contributed by atoms with Gasteiger partial charge in [-0.2, -0.15) is 0 Å². The van der Waals surface area contributed by atoms with Crippen LogP contribution >= 0.6 is 11.6 Å². The van der Waals surface area contributed by atoms with Crippen molar-refractivity contribution in [2.45, 2.75) is 26.4 Å². The number of rotatable bonds is 5. The van der Waals surface area contributed by atoms with E-state index < -0.39 is 5.60 Å². The molecule has 2 aromatic heterocycles. The number of nitrogens with zero attached hydrogens (tertiary/aromatic N) is 3. The Bertz CT molecular complexity index is 961. The van der Waals surface area contributed by atoms with E-state index in [0.29, 0.717) is 16.3 Å². The van der Waals surface area contributed by atoms with Crippen molar-refractivity contribution in [1.29, 1.82) is 0 Å². The molecule has 1 N–H and O–H groups in total. The van der Waals surface area contributed by atoms with E-state index in [-0.39, 0.29) is 12.5 Å². The number of hydrogen-bond donors (Lipinski definition) is 1. The van der Waals surface area contributed by atoms with Crippen molar-refractivity contribution < 1.29 is 14.6 Å². The third kappa shape index (κ3) is 3.48. The number of pyridine rings is 1. The van der Waals surface area contributed by atoms with Gasteiger partial charge in [0, 0.05) is 18.0 Å². The molecule has 0 aliphatic carbocycles. The molecule has 2 heterocycles. The van der Waals surface area contributed by atoms with Crippen LogP contribution in [0.15, 0.2) is 24.4 Å². The molecule has 0 unspecified atom stereocenters. The highest BCUT2D eigenvalue weighted by Gasteiger charge is 2.21. The van der Waals surface area contributed by atoms with Crippen molar-refractivity contribution in [2.75, 3.05) is 13.7 Å². The molecule has 1 aromatic carbocycles. The van der Waals surface area contributed by atoms with Crippen molar-refractivity contribution in [3.63, 3.8) is 0 Å². The second-order valence-corrected chi connectivity index (χ2v) is 7.22. The average molecular weight is 376 g/mol. The number of aryl methyl sites for hydroxylation is 1. The number of methoxy groups -OCH3 is 1. The van der Waals surface area contributed by atoms with E-state index in [1.54, 1.807) is 13.8 Å². The number of benzene rings is 1. The van der Waals surface area contributed by atoms with Crippen LogP contribution in [-0.4, -0.2) is 39.0 Å². The lowest BCUT2D eigenvalue weighted by molar-refractivity contribution is 0.0275. The van der Waals surface area contributed by atoms with E-state index in [9.17, 15) is 5.11 Å². The molecule has 0 bridgehead atoms. The molecule has 0 aliphatic rings. The fraction of sp³-hybridized carbons (Fsp3) is 0.368. The average Bonchev–Trinajstić information content (AvgIpc) is 2.92. The summed E-state index contributed by atoms with van der Waals surface area (Å²) in [5.74, 6) is 1.53. The van der Waals surface area contributed by atoms with E-state index in [1.165, 1.54) is 7.11 Å².